The molecular weight excluding hydrogens is 757 g/mol. The summed E-state index contributed by atoms with van der Waals surface area (Å²) in [6, 6.07) is 21.1. The lowest BCUT2D eigenvalue weighted by Gasteiger charge is -2.26. The Morgan fingerprint density at radius 1 is 0.644 bits per heavy atom. The van der Waals surface area contributed by atoms with Gasteiger partial charge >= 0.3 is 18.0 Å². The van der Waals surface area contributed by atoms with Gasteiger partial charge in [-0.25, -0.2) is 9.59 Å². The number of amides is 4. The molecule has 0 unspecified atom stereocenters. The van der Waals surface area contributed by atoms with E-state index in [0.717, 1.165) is 43.2 Å². The molecule has 4 atom stereocenters. The molecule has 4 rings (SSSR count). The van der Waals surface area contributed by atoms with E-state index in [0.29, 0.717) is 17.9 Å². The average Bonchev–Trinajstić information content (AvgIpc) is 3.21. The molecule has 318 valence electrons. The average molecular weight is 815 g/mol. The van der Waals surface area contributed by atoms with Crippen LogP contribution in [0.15, 0.2) is 84.9 Å². The Labute approximate surface area is 346 Å². The lowest BCUT2D eigenvalue weighted by molar-refractivity contribution is -0.151. The summed E-state index contributed by atoms with van der Waals surface area (Å²) >= 11 is 0. The van der Waals surface area contributed by atoms with E-state index < -0.39 is 65.5 Å². The van der Waals surface area contributed by atoms with Gasteiger partial charge < -0.3 is 40.2 Å². The van der Waals surface area contributed by atoms with Crippen molar-refractivity contribution in [3.05, 3.63) is 102 Å². The fraction of sp³-hybridized carbons (Fsp3) is 0.467. The van der Waals surface area contributed by atoms with Crippen molar-refractivity contribution in [3.8, 4) is 5.75 Å². The number of alkyl carbamates (subject to hydrolysis) is 1. The summed E-state index contributed by atoms with van der Waals surface area (Å²) in [5.41, 5.74) is 1.62. The molecule has 0 heterocycles. The Morgan fingerprint density at radius 3 is 1.83 bits per heavy atom. The third-order valence-electron chi connectivity index (χ3n) is 9.43. The van der Waals surface area contributed by atoms with Crippen LogP contribution in [-0.4, -0.2) is 71.6 Å². The molecule has 1 fully saturated rings. The Bertz CT molecular complexity index is 1830. The van der Waals surface area contributed by atoms with Crippen molar-refractivity contribution in [2.75, 3.05) is 0 Å². The summed E-state index contributed by atoms with van der Waals surface area (Å²) in [7, 11) is 0. The van der Waals surface area contributed by atoms with Crippen molar-refractivity contribution in [1.82, 2.24) is 21.3 Å². The zero-order chi connectivity index (χ0) is 42.8. The van der Waals surface area contributed by atoms with Gasteiger partial charge in [0.15, 0.2) is 0 Å². The van der Waals surface area contributed by atoms with Crippen LogP contribution in [0.5, 0.6) is 5.75 Å². The van der Waals surface area contributed by atoms with Gasteiger partial charge in [-0.3, -0.25) is 19.2 Å². The number of hydrogen-bond acceptors (Lipinski definition) is 10. The quantitative estimate of drug-likeness (QED) is 0.0878. The molecule has 0 spiro atoms. The molecule has 0 aromatic heterocycles. The maximum atomic E-state index is 13.7. The monoisotopic (exact) mass is 814 g/mol. The minimum atomic E-state index is -1.27. The fourth-order valence-electron chi connectivity index (χ4n) is 6.22. The van der Waals surface area contributed by atoms with Gasteiger partial charge in [-0.15, -0.1) is 0 Å². The van der Waals surface area contributed by atoms with E-state index >= 15 is 0 Å². The molecular formula is C45H58N4O10. The predicted molar refractivity (Wildman–Crippen MR) is 220 cm³/mol. The van der Waals surface area contributed by atoms with Gasteiger partial charge in [0.1, 0.15) is 54.8 Å². The van der Waals surface area contributed by atoms with Crippen LogP contribution in [0.2, 0.25) is 0 Å². The summed E-state index contributed by atoms with van der Waals surface area (Å²) in [5.74, 6) is -2.74. The first-order chi connectivity index (χ1) is 28.1. The van der Waals surface area contributed by atoms with E-state index in [4.69, 9.17) is 18.9 Å². The van der Waals surface area contributed by atoms with Crippen molar-refractivity contribution in [2.24, 2.45) is 0 Å². The Hall–Kier alpha value is -5.92. The molecule has 0 bridgehead atoms. The van der Waals surface area contributed by atoms with Gasteiger partial charge in [0.2, 0.25) is 17.7 Å². The SMILES string of the molecule is C[C@@H](NC(=O)[C@H](Cc1ccc(OCc2ccccc2)cc1)NC(=O)OC(C)(C)C)C(=O)N[C@@H](CCC(=O)OC1CCCCC1)C(=O)N[C@H](C)C(=O)OCc1ccccc1. The summed E-state index contributed by atoms with van der Waals surface area (Å²) in [6.45, 7) is 8.33. The number of rotatable bonds is 19. The highest BCUT2D eigenvalue weighted by molar-refractivity contribution is 5.94. The van der Waals surface area contributed by atoms with Crippen molar-refractivity contribution >= 4 is 35.8 Å². The largest absolute Gasteiger partial charge is 0.489 e. The van der Waals surface area contributed by atoms with E-state index in [1.807, 2.05) is 48.5 Å². The number of hydrogen-bond donors (Lipinski definition) is 4. The van der Waals surface area contributed by atoms with Crippen LogP contribution in [0.4, 0.5) is 4.79 Å². The third-order valence-corrected chi connectivity index (χ3v) is 9.43. The molecule has 4 amide bonds. The molecule has 14 nitrogen and oxygen atoms in total. The van der Waals surface area contributed by atoms with Crippen LogP contribution in [0.1, 0.15) is 96.3 Å². The molecule has 0 saturated heterocycles. The van der Waals surface area contributed by atoms with Crippen LogP contribution < -0.4 is 26.0 Å². The highest BCUT2D eigenvalue weighted by Gasteiger charge is 2.31. The standard InChI is InChI=1S/C45H58N4O10/c1-30(46-42(53)38(49-44(55)59-45(3,4)5)27-32-21-23-35(24-22-32)56-28-33-15-9-6-10-16-33)40(51)48-37(25-26-39(50)58-36-19-13-8-14-20-36)41(52)47-31(2)43(54)57-29-34-17-11-7-12-18-34/h6-7,9-12,15-18,21-24,30-31,36-38H,8,13-14,19-20,25-29H2,1-5H3,(H,46,53)(H,47,52)(H,48,51)(H,49,55)/t30-,31-,37+,38+/m1/s1. The van der Waals surface area contributed by atoms with Crippen LogP contribution in [-0.2, 0) is 57.8 Å². The summed E-state index contributed by atoms with van der Waals surface area (Å²) in [6.07, 6.45) is 3.26. The number of carbonyl (C=O) groups is 6. The van der Waals surface area contributed by atoms with Crippen molar-refractivity contribution in [3.63, 3.8) is 0 Å². The summed E-state index contributed by atoms with van der Waals surface area (Å²) < 4.78 is 22.3. The Morgan fingerprint density at radius 2 is 1.22 bits per heavy atom. The summed E-state index contributed by atoms with van der Waals surface area (Å²) in [5, 5.41) is 10.4. The highest BCUT2D eigenvalue weighted by Crippen LogP contribution is 2.21. The second-order valence-electron chi connectivity index (χ2n) is 15.7. The van der Waals surface area contributed by atoms with Crippen molar-refractivity contribution in [1.29, 1.82) is 0 Å². The van der Waals surface area contributed by atoms with Crippen molar-refractivity contribution in [2.45, 2.75) is 135 Å². The molecule has 0 radical (unpaired) electrons. The topological polar surface area (TPSA) is 187 Å². The van der Waals surface area contributed by atoms with E-state index in [-0.39, 0.29) is 32.0 Å². The molecule has 1 aliphatic rings. The first kappa shape index (κ1) is 45.8. The molecule has 1 aliphatic carbocycles. The normalized spacial score (nSPS) is 14.9. The smallest absolute Gasteiger partial charge is 0.408 e. The zero-order valence-electron chi connectivity index (χ0n) is 34.6. The molecule has 3 aromatic carbocycles. The second-order valence-corrected chi connectivity index (χ2v) is 15.7. The Balaban J connectivity index is 1.40. The minimum Gasteiger partial charge on any atom is -0.489 e. The lowest BCUT2D eigenvalue weighted by Crippen LogP contribution is -2.57. The van der Waals surface area contributed by atoms with E-state index in [2.05, 4.69) is 21.3 Å². The van der Waals surface area contributed by atoms with E-state index in [1.165, 1.54) is 13.8 Å². The first-order valence-corrected chi connectivity index (χ1v) is 20.2. The maximum Gasteiger partial charge on any atom is 0.408 e. The lowest BCUT2D eigenvalue weighted by atomic mass is 9.98. The predicted octanol–water partition coefficient (Wildman–Crippen LogP) is 5.60. The number of nitrogens with one attached hydrogen (secondary N) is 4. The van der Waals surface area contributed by atoms with E-state index in [1.54, 1.807) is 57.2 Å². The van der Waals surface area contributed by atoms with Gasteiger partial charge in [-0.1, -0.05) is 79.2 Å². The maximum absolute atomic E-state index is 13.7. The number of benzene rings is 3. The van der Waals surface area contributed by atoms with E-state index in [9.17, 15) is 28.8 Å². The van der Waals surface area contributed by atoms with Crippen LogP contribution in [0.25, 0.3) is 0 Å². The van der Waals surface area contributed by atoms with Crippen molar-refractivity contribution < 1.29 is 47.7 Å². The Kier molecular flexibility index (Phi) is 17.7. The number of carbonyl (C=O) groups excluding carboxylic acids is 6. The van der Waals surface area contributed by atoms with Gasteiger partial charge in [-0.2, -0.15) is 0 Å². The molecule has 0 aliphatic heterocycles. The van der Waals surface area contributed by atoms with Crippen LogP contribution in [0.3, 0.4) is 0 Å². The molecule has 4 N–H and O–H groups in total. The zero-order valence-corrected chi connectivity index (χ0v) is 34.6. The molecule has 3 aromatic rings. The van der Waals surface area contributed by atoms with Gasteiger partial charge in [0.05, 0.1) is 0 Å². The molecule has 14 heteroatoms. The van der Waals surface area contributed by atoms with Gasteiger partial charge in [0.25, 0.3) is 0 Å². The molecule has 1 saturated carbocycles. The number of ether oxygens (including phenoxy) is 4. The second kappa shape index (κ2) is 22.9. The highest BCUT2D eigenvalue weighted by atomic mass is 16.6. The van der Waals surface area contributed by atoms with Crippen LogP contribution >= 0.6 is 0 Å². The third kappa shape index (κ3) is 16.8. The first-order valence-electron chi connectivity index (χ1n) is 20.2. The van der Waals surface area contributed by atoms with Gasteiger partial charge in [0, 0.05) is 12.8 Å². The minimum absolute atomic E-state index is 0.00251. The van der Waals surface area contributed by atoms with Crippen LogP contribution in [0, 0.1) is 0 Å². The number of esters is 2. The molecule has 59 heavy (non-hydrogen) atoms. The fourth-order valence-corrected chi connectivity index (χ4v) is 6.22. The van der Waals surface area contributed by atoms with Gasteiger partial charge in [-0.05, 0) is 95.5 Å². The summed E-state index contributed by atoms with van der Waals surface area (Å²) in [4.78, 5) is 79.3.